The van der Waals surface area contributed by atoms with Crippen LogP contribution in [0.4, 0.5) is 0 Å². The fourth-order valence-corrected chi connectivity index (χ4v) is 4.73. The van der Waals surface area contributed by atoms with E-state index in [1.807, 2.05) is 11.3 Å². The standard InChI is InChI=1S/C18H22ClNS/c1-3-20-16(10-13-8-7-12(2)9-15(13)19)18-11-14-5-4-6-17(14)21-18/h7-9,11,16,20H,3-6,10H2,1-2H3. The summed E-state index contributed by atoms with van der Waals surface area (Å²) < 4.78 is 0. The van der Waals surface area contributed by atoms with E-state index in [-0.39, 0.29) is 0 Å². The molecule has 2 aromatic rings. The van der Waals surface area contributed by atoms with Crippen molar-refractivity contribution >= 4 is 22.9 Å². The van der Waals surface area contributed by atoms with Gasteiger partial charge in [0.05, 0.1) is 0 Å². The zero-order valence-electron chi connectivity index (χ0n) is 12.7. The van der Waals surface area contributed by atoms with E-state index in [9.17, 15) is 0 Å². The van der Waals surface area contributed by atoms with E-state index in [2.05, 4.69) is 43.4 Å². The Kier molecular flexibility index (Phi) is 4.68. The lowest BCUT2D eigenvalue weighted by atomic mass is 10.0. The quantitative estimate of drug-likeness (QED) is 0.809. The van der Waals surface area contributed by atoms with Gasteiger partial charge in [0.25, 0.3) is 0 Å². The zero-order chi connectivity index (χ0) is 14.8. The van der Waals surface area contributed by atoms with Gasteiger partial charge in [-0.3, -0.25) is 0 Å². The van der Waals surface area contributed by atoms with Crippen LogP contribution >= 0.6 is 22.9 Å². The van der Waals surface area contributed by atoms with Gasteiger partial charge >= 0.3 is 0 Å². The van der Waals surface area contributed by atoms with Crippen molar-refractivity contribution in [2.24, 2.45) is 0 Å². The Morgan fingerprint density at radius 3 is 2.86 bits per heavy atom. The monoisotopic (exact) mass is 319 g/mol. The molecule has 0 spiro atoms. The maximum absolute atomic E-state index is 6.41. The number of likely N-dealkylation sites (N-methyl/N-ethyl adjacent to an activating group) is 1. The van der Waals surface area contributed by atoms with Crippen molar-refractivity contribution in [3.8, 4) is 0 Å². The third kappa shape index (κ3) is 3.33. The van der Waals surface area contributed by atoms with Crippen molar-refractivity contribution in [1.29, 1.82) is 0 Å². The minimum Gasteiger partial charge on any atom is -0.309 e. The van der Waals surface area contributed by atoms with Gasteiger partial charge in [0.15, 0.2) is 0 Å². The lowest BCUT2D eigenvalue weighted by molar-refractivity contribution is 0.558. The van der Waals surface area contributed by atoms with Crippen LogP contribution in [0.1, 0.15) is 45.8 Å². The molecule has 0 fully saturated rings. The second-order valence-corrected chi connectivity index (χ2v) is 7.44. The summed E-state index contributed by atoms with van der Waals surface area (Å²) in [4.78, 5) is 3.07. The average molecular weight is 320 g/mol. The lowest BCUT2D eigenvalue weighted by Crippen LogP contribution is -2.22. The average Bonchev–Trinajstić information content (AvgIpc) is 3.02. The fourth-order valence-electron chi connectivity index (χ4n) is 3.08. The fraction of sp³-hybridized carbons (Fsp3) is 0.444. The Bertz CT molecular complexity index is 611. The number of thiophene rings is 1. The molecule has 1 atom stereocenters. The van der Waals surface area contributed by atoms with Crippen molar-refractivity contribution in [2.75, 3.05) is 6.54 Å². The van der Waals surface area contributed by atoms with E-state index in [0.29, 0.717) is 6.04 Å². The summed E-state index contributed by atoms with van der Waals surface area (Å²) in [6.07, 6.45) is 4.82. The summed E-state index contributed by atoms with van der Waals surface area (Å²) in [7, 11) is 0. The molecule has 1 nitrogen and oxygen atoms in total. The summed E-state index contributed by atoms with van der Waals surface area (Å²) >= 11 is 8.40. The summed E-state index contributed by atoms with van der Waals surface area (Å²) in [5.41, 5.74) is 4.04. The molecule has 0 amide bonds. The van der Waals surface area contributed by atoms with Gasteiger partial charge in [-0.15, -0.1) is 11.3 Å². The van der Waals surface area contributed by atoms with Gasteiger partial charge in [-0.25, -0.2) is 0 Å². The SMILES string of the molecule is CCNC(Cc1ccc(C)cc1Cl)c1cc2c(s1)CCC2. The number of aryl methyl sites for hydroxylation is 3. The molecule has 0 saturated heterocycles. The van der Waals surface area contributed by atoms with Crippen LogP contribution in [0.3, 0.4) is 0 Å². The number of halogens is 1. The highest BCUT2D eigenvalue weighted by Crippen LogP contribution is 2.35. The Balaban J connectivity index is 1.83. The Labute approximate surface area is 136 Å². The van der Waals surface area contributed by atoms with E-state index < -0.39 is 0 Å². The zero-order valence-corrected chi connectivity index (χ0v) is 14.3. The highest BCUT2D eigenvalue weighted by Gasteiger charge is 2.20. The molecule has 21 heavy (non-hydrogen) atoms. The molecule has 1 aliphatic rings. The van der Waals surface area contributed by atoms with Gasteiger partial charge in [0.1, 0.15) is 0 Å². The summed E-state index contributed by atoms with van der Waals surface area (Å²) in [6, 6.07) is 9.18. The van der Waals surface area contributed by atoms with E-state index >= 15 is 0 Å². The van der Waals surface area contributed by atoms with Crippen molar-refractivity contribution in [3.05, 3.63) is 55.7 Å². The first-order valence-electron chi connectivity index (χ1n) is 7.77. The molecule has 0 aliphatic heterocycles. The van der Waals surface area contributed by atoms with Crippen molar-refractivity contribution in [3.63, 3.8) is 0 Å². The Morgan fingerprint density at radius 2 is 2.14 bits per heavy atom. The topological polar surface area (TPSA) is 12.0 Å². The number of benzene rings is 1. The lowest BCUT2D eigenvalue weighted by Gasteiger charge is -2.17. The molecule has 0 bridgehead atoms. The molecule has 1 aromatic heterocycles. The largest absolute Gasteiger partial charge is 0.309 e. The van der Waals surface area contributed by atoms with Crippen LogP contribution in [-0.4, -0.2) is 6.54 Å². The first-order valence-corrected chi connectivity index (χ1v) is 8.96. The number of hydrogen-bond donors (Lipinski definition) is 1. The van der Waals surface area contributed by atoms with Crippen LogP contribution in [0.2, 0.25) is 5.02 Å². The normalized spacial score (nSPS) is 15.2. The van der Waals surface area contributed by atoms with E-state index in [1.165, 1.54) is 35.3 Å². The van der Waals surface area contributed by atoms with Gasteiger partial charge in [-0.1, -0.05) is 30.7 Å². The number of rotatable bonds is 5. The van der Waals surface area contributed by atoms with Crippen LogP contribution in [0.5, 0.6) is 0 Å². The van der Waals surface area contributed by atoms with Crippen molar-refractivity contribution in [2.45, 2.75) is 45.6 Å². The number of fused-ring (bicyclic) bond motifs is 1. The third-order valence-corrected chi connectivity index (χ3v) is 5.89. The first kappa shape index (κ1) is 15.1. The Morgan fingerprint density at radius 1 is 1.29 bits per heavy atom. The first-order chi connectivity index (χ1) is 10.2. The summed E-state index contributed by atoms with van der Waals surface area (Å²) in [5, 5.41) is 4.52. The molecule has 1 N–H and O–H groups in total. The highest BCUT2D eigenvalue weighted by molar-refractivity contribution is 7.12. The maximum atomic E-state index is 6.41. The van der Waals surface area contributed by atoms with E-state index in [4.69, 9.17) is 11.6 Å². The molecule has 1 heterocycles. The van der Waals surface area contributed by atoms with Crippen LogP contribution in [0.15, 0.2) is 24.3 Å². The van der Waals surface area contributed by atoms with E-state index in [1.54, 1.807) is 10.4 Å². The van der Waals surface area contributed by atoms with Gasteiger partial charge in [0, 0.05) is 20.8 Å². The molecule has 3 rings (SSSR count). The molecular formula is C18H22ClNS. The van der Waals surface area contributed by atoms with Gasteiger partial charge in [-0.05, 0) is 68.0 Å². The predicted octanol–water partition coefficient (Wildman–Crippen LogP) is 5.09. The molecule has 0 saturated carbocycles. The summed E-state index contributed by atoms with van der Waals surface area (Å²) in [6.45, 7) is 5.24. The second-order valence-electron chi connectivity index (χ2n) is 5.86. The predicted molar refractivity (Wildman–Crippen MR) is 92.7 cm³/mol. The molecule has 0 radical (unpaired) electrons. The van der Waals surface area contributed by atoms with Gasteiger partial charge in [-0.2, -0.15) is 0 Å². The maximum Gasteiger partial charge on any atom is 0.0456 e. The molecule has 112 valence electrons. The Hall–Kier alpha value is -0.830. The molecule has 1 aromatic carbocycles. The minimum atomic E-state index is 0.380. The van der Waals surface area contributed by atoms with Crippen molar-refractivity contribution < 1.29 is 0 Å². The second kappa shape index (κ2) is 6.51. The van der Waals surface area contributed by atoms with Crippen molar-refractivity contribution in [1.82, 2.24) is 5.32 Å². The smallest absolute Gasteiger partial charge is 0.0456 e. The van der Waals surface area contributed by atoms with Gasteiger partial charge in [0.2, 0.25) is 0 Å². The highest BCUT2D eigenvalue weighted by atomic mass is 35.5. The molecule has 1 unspecified atom stereocenters. The molecule has 1 aliphatic carbocycles. The number of nitrogens with one attached hydrogen (secondary N) is 1. The number of hydrogen-bond acceptors (Lipinski definition) is 2. The summed E-state index contributed by atoms with van der Waals surface area (Å²) in [5.74, 6) is 0. The third-order valence-electron chi connectivity index (χ3n) is 4.19. The van der Waals surface area contributed by atoms with Gasteiger partial charge < -0.3 is 5.32 Å². The minimum absolute atomic E-state index is 0.380. The van der Waals surface area contributed by atoms with E-state index in [0.717, 1.165) is 18.0 Å². The molecule has 3 heteroatoms. The van der Waals surface area contributed by atoms with Crippen LogP contribution < -0.4 is 5.32 Å². The van der Waals surface area contributed by atoms with Crippen LogP contribution in [0.25, 0.3) is 0 Å². The van der Waals surface area contributed by atoms with Crippen LogP contribution in [0, 0.1) is 6.92 Å². The molecular weight excluding hydrogens is 298 g/mol. The van der Waals surface area contributed by atoms with Crippen LogP contribution in [-0.2, 0) is 19.3 Å².